The lowest BCUT2D eigenvalue weighted by Gasteiger charge is -2.34. The Kier molecular flexibility index (Phi) is 3.82. The van der Waals surface area contributed by atoms with Gasteiger partial charge in [-0.3, -0.25) is 4.79 Å². The summed E-state index contributed by atoms with van der Waals surface area (Å²) in [6.45, 7) is 2.20. The van der Waals surface area contributed by atoms with Gasteiger partial charge in [-0.15, -0.1) is 0 Å². The van der Waals surface area contributed by atoms with Crippen molar-refractivity contribution in [3.63, 3.8) is 0 Å². The van der Waals surface area contributed by atoms with Crippen LogP contribution in [0.2, 0.25) is 0 Å². The van der Waals surface area contributed by atoms with E-state index < -0.39 is 17.4 Å². The van der Waals surface area contributed by atoms with Gasteiger partial charge in [-0.2, -0.15) is 0 Å². The summed E-state index contributed by atoms with van der Waals surface area (Å²) in [6.07, 6.45) is 2.62. The maximum Gasteiger partial charge on any atom is 0.326 e. The van der Waals surface area contributed by atoms with Gasteiger partial charge >= 0.3 is 5.97 Å². The molecule has 1 aliphatic heterocycles. The molecule has 19 heavy (non-hydrogen) atoms. The first kappa shape index (κ1) is 14.3. The topological polar surface area (TPSA) is 92.9 Å². The van der Waals surface area contributed by atoms with E-state index >= 15 is 0 Å². The lowest BCUT2D eigenvalue weighted by Crippen LogP contribution is -2.52. The molecule has 0 aromatic heterocycles. The number of rotatable bonds is 3. The van der Waals surface area contributed by atoms with Gasteiger partial charge in [0.25, 0.3) is 0 Å². The fraction of sp³-hybridized carbons (Fsp3) is 0.846. The van der Waals surface area contributed by atoms with Crippen LogP contribution in [-0.4, -0.2) is 53.7 Å². The highest BCUT2D eigenvalue weighted by atomic mass is 16.5. The van der Waals surface area contributed by atoms with Gasteiger partial charge in [-0.1, -0.05) is 6.42 Å². The maximum atomic E-state index is 12.7. The molecule has 6 nitrogen and oxygen atoms in total. The van der Waals surface area contributed by atoms with E-state index in [9.17, 15) is 14.7 Å². The molecule has 0 aromatic carbocycles. The van der Waals surface area contributed by atoms with Gasteiger partial charge in [0.15, 0.2) is 0 Å². The number of hydrogen-bond donors (Lipinski definition) is 2. The summed E-state index contributed by atoms with van der Waals surface area (Å²) in [7, 11) is 1.54. The molecule has 4 unspecified atom stereocenters. The fourth-order valence-electron chi connectivity index (χ4n) is 3.21. The molecule has 1 heterocycles. The molecule has 4 atom stereocenters. The number of carbonyl (C=O) groups excluding carboxylic acids is 1. The molecule has 1 aliphatic carbocycles. The summed E-state index contributed by atoms with van der Waals surface area (Å²) in [5.41, 5.74) is 5.42. The minimum absolute atomic E-state index is 0.135. The Morgan fingerprint density at radius 2 is 2.16 bits per heavy atom. The van der Waals surface area contributed by atoms with Gasteiger partial charge in [0.1, 0.15) is 6.04 Å². The Morgan fingerprint density at radius 3 is 2.63 bits per heavy atom. The zero-order valence-electron chi connectivity index (χ0n) is 11.5. The number of nitrogens with two attached hydrogens (primary N) is 1. The average molecular weight is 270 g/mol. The maximum absolute atomic E-state index is 12.7. The molecule has 0 bridgehead atoms. The normalized spacial score (nSPS) is 38.7. The monoisotopic (exact) mass is 270 g/mol. The summed E-state index contributed by atoms with van der Waals surface area (Å²) in [4.78, 5) is 25.4. The van der Waals surface area contributed by atoms with E-state index in [0.717, 1.165) is 19.3 Å². The van der Waals surface area contributed by atoms with Crippen LogP contribution in [-0.2, 0) is 14.3 Å². The minimum atomic E-state index is -0.969. The Bertz CT molecular complexity index is 387. The molecular formula is C13H22N2O4. The summed E-state index contributed by atoms with van der Waals surface area (Å²) in [5.74, 6) is -1.10. The van der Waals surface area contributed by atoms with Crippen molar-refractivity contribution in [2.45, 2.75) is 50.8 Å². The Labute approximate surface area is 112 Å². The zero-order valence-corrected chi connectivity index (χ0v) is 11.5. The third-order valence-electron chi connectivity index (χ3n) is 4.66. The Balaban J connectivity index is 2.19. The van der Waals surface area contributed by atoms with E-state index in [1.54, 1.807) is 7.11 Å². The van der Waals surface area contributed by atoms with Gasteiger partial charge in [0.05, 0.1) is 11.5 Å². The molecule has 0 spiro atoms. The van der Waals surface area contributed by atoms with Crippen molar-refractivity contribution in [1.29, 1.82) is 0 Å². The first-order valence-electron chi connectivity index (χ1n) is 6.72. The number of carboxylic acids is 1. The summed E-state index contributed by atoms with van der Waals surface area (Å²) >= 11 is 0. The van der Waals surface area contributed by atoms with Crippen LogP contribution in [0.1, 0.15) is 32.6 Å². The van der Waals surface area contributed by atoms with Crippen LogP contribution in [0.15, 0.2) is 0 Å². The van der Waals surface area contributed by atoms with Crippen LogP contribution in [0.5, 0.6) is 0 Å². The van der Waals surface area contributed by atoms with Crippen molar-refractivity contribution in [2.75, 3.05) is 13.7 Å². The number of hydrogen-bond acceptors (Lipinski definition) is 4. The second-order valence-corrected chi connectivity index (χ2v) is 5.82. The number of amides is 1. The second kappa shape index (κ2) is 5.09. The van der Waals surface area contributed by atoms with Crippen LogP contribution < -0.4 is 5.73 Å². The molecule has 108 valence electrons. The van der Waals surface area contributed by atoms with E-state index in [2.05, 4.69) is 0 Å². The van der Waals surface area contributed by atoms with E-state index in [-0.39, 0.29) is 18.1 Å². The number of carboxylic acid groups (broad SMARTS) is 1. The zero-order chi connectivity index (χ0) is 14.2. The average Bonchev–Trinajstić information content (AvgIpc) is 2.94. The molecule has 3 N–H and O–H groups in total. The quantitative estimate of drug-likeness (QED) is 0.764. The summed E-state index contributed by atoms with van der Waals surface area (Å²) in [6, 6.07) is -0.974. The molecule has 2 fully saturated rings. The van der Waals surface area contributed by atoms with E-state index in [1.165, 1.54) is 4.90 Å². The fourth-order valence-corrected chi connectivity index (χ4v) is 3.21. The molecule has 2 rings (SSSR count). The third kappa shape index (κ3) is 2.34. The molecule has 0 aromatic rings. The summed E-state index contributed by atoms with van der Waals surface area (Å²) < 4.78 is 5.21. The summed E-state index contributed by atoms with van der Waals surface area (Å²) in [5, 5.41) is 9.26. The predicted molar refractivity (Wildman–Crippen MR) is 68.5 cm³/mol. The lowest BCUT2D eigenvalue weighted by molar-refractivity contribution is -0.153. The number of likely N-dealkylation sites (tertiary alicyclic amines) is 1. The smallest absolute Gasteiger partial charge is 0.326 e. The second-order valence-electron chi connectivity index (χ2n) is 5.82. The first-order chi connectivity index (χ1) is 8.90. The standard InChI is InChI=1S/C13H22N2O4/c1-13(5-3-4-10(13)14)12(18)15-7-8(19-2)6-9(15)11(16)17/h8-10H,3-7,14H2,1-2H3,(H,16,17). The van der Waals surface area contributed by atoms with Gasteiger partial charge in [-0.05, 0) is 19.8 Å². The number of carbonyl (C=O) groups is 2. The van der Waals surface area contributed by atoms with Crippen molar-refractivity contribution in [3.05, 3.63) is 0 Å². The Hall–Kier alpha value is -1.14. The minimum Gasteiger partial charge on any atom is -0.480 e. The van der Waals surface area contributed by atoms with Crippen LogP contribution in [0.4, 0.5) is 0 Å². The molecular weight excluding hydrogens is 248 g/mol. The van der Waals surface area contributed by atoms with E-state index in [4.69, 9.17) is 10.5 Å². The van der Waals surface area contributed by atoms with Gasteiger partial charge in [0.2, 0.25) is 5.91 Å². The number of nitrogens with zero attached hydrogens (tertiary/aromatic N) is 1. The molecule has 1 saturated carbocycles. The van der Waals surface area contributed by atoms with E-state index in [1.807, 2.05) is 6.92 Å². The largest absolute Gasteiger partial charge is 0.480 e. The molecule has 6 heteroatoms. The molecule has 0 radical (unpaired) electrons. The molecule has 1 saturated heterocycles. The SMILES string of the molecule is COC1CC(C(=O)O)N(C(=O)C2(C)CCCC2N)C1. The van der Waals surface area contributed by atoms with Crippen molar-refractivity contribution in [1.82, 2.24) is 4.90 Å². The van der Waals surface area contributed by atoms with E-state index in [0.29, 0.717) is 13.0 Å². The molecule has 2 aliphatic rings. The van der Waals surface area contributed by atoms with Crippen LogP contribution in [0.3, 0.4) is 0 Å². The number of aliphatic carboxylic acids is 1. The van der Waals surface area contributed by atoms with Crippen LogP contribution in [0, 0.1) is 5.41 Å². The number of methoxy groups -OCH3 is 1. The highest BCUT2D eigenvalue weighted by Crippen LogP contribution is 2.40. The van der Waals surface area contributed by atoms with Crippen molar-refractivity contribution in [2.24, 2.45) is 11.1 Å². The first-order valence-corrected chi connectivity index (χ1v) is 6.72. The van der Waals surface area contributed by atoms with Crippen molar-refractivity contribution >= 4 is 11.9 Å². The van der Waals surface area contributed by atoms with Gasteiger partial charge in [-0.25, -0.2) is 4.79 Å². The Morgan fingerprint density at radius 1 is 1.47 bits per heavy atom. The van der Waals surface area contributed by atoms with Crippen LogP contribution >= 0.6 is 0 Å². The van der Waals surface area contributed by atoms with Gasteiger partial charge < -0.3 is 20.5 Å². The lowest BCUT2D eigenvalue weighted by atomic mass is 9.83. The highest BCUT2D eigenvalue weighted by molar-refractivity contribution is 5.88. The number of ether oxygens (including phenoxy) is 1. The van der Waals surface area contributed by atoms with Crippen molar-refractivity contribution in [3.8, 4) is 0 Å². The predicted octanol–water partition coefficient (Wildman–Crippen LogP) is 0.204. The highest BCUT2D eigenvalue weighted by Gasteiger charge is 2.50. The molecule has 1 amide bonds. The van der Waals surface area contributed by atoms with Crippen molar-refractivity contribution < 1.29 is 19.4 Å². The van der Waals surface area contributed by atoms with Crippen LogP contribution in [0.25, 0.3) is 0 Å². The van der Waals surface area contributed by atoms with Gasteiger partial charge in [0, 0.05) is 26.1 Å². The third-order valence-corrected chi connectivity index (χ3v) is 4.66.